The largest absolute Gasteiger partial charge is 0.497 e. The Morgan fingerprint density at radius 2 is 2.00 bits per heavy atom. The summed E-state index contributed by atoms with van der Waals surface area (Å²) in [6.07, 6.45) is 4.66. The minimum Gasteiger partial charge on any atom is -0.497 e. The number of fused-ring (bicyclic) bond motifs is 1. The summed E-state index contributed by atoms with van der Waals surface area (Å²) in [7, 11) is 1.57. The highest BCUT2D eigenvalue weighted by Crippen LogP contribution is 2.55. The summed E-state index contributed by atoms with van der Waals surface area (Å²) in [5.74, 6) is -0.691. The maximum Gasteiger partial charge on any atom is 0.189 e. The number of rotatable bonds is 2. The van der Waals surface area contributed by atoms with Gasteiger partial charge in [0.2, 0.25) is 0 Å². The van der Waals surface area contributed by atoms with Crippen molar-refractivity contribution in [1.82, 2.24) is 0 Å². The van der Waals surface area contributed by atoms with Crippen LogP contribution in [0.4, 0.5) is 0 Å². The lowest BCUT2D eigenvalue weighted by atomic mass is 9.53. The van der Waals surface area contributed by atoms with Gasteiger partial charge in [-0.05, 0) is 48.4 Å². The molecule has 124 valence electrons. The van der Waals surface area contributed by atoms with Crippen molar-refractivity contribution in [2.24, 2.45) is 17.3 Å². The molecule has 0 bridgehead atoms. The zero-order valence-electron chi connectivity index (χ0n) is 14.0. The molecule has 0 amide bonds. The van der Waals surface area contributed by atoms with Crippen LogP contribution < -0.4 is 4.74 Å². The van der Waals surface area contributed by atoms with E-state index in [-0.39, 0.29) is 11.6 Å². The van der Waals surface area contributed by atoms with Gasteiger partial charge >= 0.3 is 0 Å². The van der Waals surface area contributed by atoms with Crippen LogP contribution in [0.1, 0.15) is 30.7 Å². The number of hydrogen-bond donors (Lipinski definition) is 1. The van der Waals surface area contributed by atoms with Gasteiger partial charge in [-0.3, -0.25) is 0 Å². The summed E-state index contributed by atoms with van der Waals surface area (Å²) >= 11 is 0. The molecule has 1 aromatic rings. The molecule has 0 aliphatic heterocycles. The van der Waals surface area contributed by atoms with Gasteiger partial charge in [0, 0.05) is 5.92 Å². The fraction of sp³-hybridized carbons (Fsp3) is 0.400. The van der Waals surface area contributed by atoms with Crippen LogP contribution in [0.3, 0.4) is 0 Å². The lowest BCUT2D eigenvalue weighted by Gasteiger charge is -2.45. The van der Waals surface area contributed by atoms with Gasteiger partial charge in [-0.2, -0.15) is 15.8 Å². The van der Waals surface area contributed by atoms with Gasteiger partial charge in [-0.1, -0.05) is 18.2 Å². The Morgan fingerprint density at radius 3 is 2.64 bits per heavy atom. The summed E-state index contributed by atoms with van der Waals surface area (Å²) in [5.41, 5.74) is -0.0298. The summed E-state index contributed by atoms with van der Waals surface area (Å²) in [4.78, 5) is 0. The summed E-state index contributed by atoms with van der Waals surface area (Å²) in [6, 6.07) is 13.7. The Hall–Kier alpha value is -3.10. The smallest absolute Gasteiger partial charge is 0.189 e. The fourth-order valence-corrected chi connectivity index (χ4v) is 4.22. The third-order valence-corrected chi connectivity index (χ3v) is 5.38. The van der Waals surface area contributed by atoms with Crippen molar-refractivity contribution in [2.45, 2.75) is 25.2 Å². The van der Waals surface area contributed by atoms with Crippen molar-refractivity contribution < 1.29 is 4.74 Å². The number of ether oxygens (including phenoxy) is 1. The molecule has 0 aromatic heterocycles. The van der Waals surface area contributed by atoms with E-state index in [0.717, 1.165) is 30.4 Å². The fourth-order valence-electron chi connectivity index (χ4n) is 4.22. The lowest BCUT2D eigenvalue weighted by molar-refractivity contribution is 0.319. The molecule has 5 nitrogen and oxygen atoms in total. The molecule has 0 heterocycles. The molecule has 5 heteroatoms. The van der Waals surface area contributed by atoms with Gasteiger partial charge in [0.05, 0.1) is 31.0 Å². The second kappa shape index (κ2) is 6.42. The standard InChI is InChI=1S/C20H18N4O/c1-25-14-6-4-5-13(9-14)18-16-8-3-2-7-15(16)17(10-21)19(24)20(18,11-22)12-23/h4-7,9,16-18,24H,2-3,8H2,1H3/t16-,17+,18+/m0/s1. The number of nitrogens with zero attached hydrogens (tertiary/aromatic N) is 3. The van der Waals surface area contributed by atoms with Crippen LogP contribution >= 0.6 is 0 Å². The molecule has 2 aliphatic rings. The first kappa shape index (κ1) is 16.7. The SMILES string of the molecule is COc1cccc([C@@H]2[C@H]3CCCC=C3[C@@H](C#N)C(=N)C2(C#N)C#N)c1. The molecule has 1 N–H and O–H groups in total. The minimum absolute atomic E-state index is 0.0843. The molecule has 1 aromatic carbocycles. The van der Waals surface area contributed by atoms with Crippen molar-refractivity contribution in [3.05, 3.63) is 41.5 Å². The number of hydrogen-bond acceptors (Lipinski definition) is 5. The molecular weight excluding hydrogens is 312 g/mol. The predicted molar refractivity (Wildman–Crippen MR) is 91.6 cm³/mol. The van der Waals surface area contributed by atoms with Crippen LogP contribution in [-0.4, -0.2) is 12.8 Å². The zero-order valence-corrected chi connectivity index (χ0v) is 14.0. The third kappa shape index (κ3) is 2.39. The first-order valence-electron chi connectivity index (χ1n) is 8.28. The Balaban J connectivity index is 2.25. The molecule has 3 rings (SSSR count). The maximum atomic E-state index is 9.90. The van der Waals surface area contributed by atoms with E-state index >= 15 is 0 Å². The quantitative estimate of drug-likeness (QED) is 0.834. The molecule has 0 unspecified atom stereocenters. The predicted octanol–water partition coefficient (Wildman–Crippen LogP) is 3.71. The molecule has 0 saturated heterocycles. The topological polar surface area (TPSA) is 104 Å². The second-order valence-electron chi connectivity index (χ2n) is 6.50. The van der Waals surface area contributed by atoms with Crippen molar-refractivity contribution in [3.8, 4) is 24.0 Å². The van der Waals surface area contributed by atoms with E-state index < -0.39 is 17.3 Å². The maximum absolute atomic E-state index is 9.90. The van der Waals surface area contributed by atoms with Crippen molar-refractivity contribution in [2.75, 3.05) is 7.11 Å². The van der Waals surface area contributed by atoms with Crippen molar-refractivity contribution in [1.29, 1.82) is 21.2 Å². The van der Waals surface area contributed by atoms with Crippen LogP contribution in [0.15, 0.2) is 35.9 Å². The molecule has 2 aliphatic carbocycles. The summed E-state index contributed by atoms with van der Waals surface area (Å²) < 4.78 is 5.30. The van der Waals surface area contributed by atoms with Crippen molar-refractivity contribution >= 4 is 5.71 Å². The molecule has 25 heavy (non-hydrogen) atoms. The number of nitriles is 3. The van der Waals surface area contributed by atoms with Crippen LogP contribution in [0, 0.1) is 56.7 Å². The van der Waals surface area contributed by atoms with E-state index in [4.69, 9.17) is 10.1 Å². The second-order valence-corrected chi connectivity index (χ2v) is 6.50. The van der Waals surface area contributed by atoms with Gasteiger partial charge in [0.15, 0.2) is 5.41 Å². The molecule has 1 fully saturated rings. The monoisotopic (exact) mass is 330 g/mol. The van der Waals surface area contributed by atoms with E-state index in [2.05, 4.69) is 18.2 Å². The zero-order chi connectivity index (χ0) is 18.0. The number of benzene rings is 1. The number of allylic oxidation sites excluding steroid dienone is 2. The van der Waals surface area contributed by atoms with E-state index in [0.29, 0.717) is 5.75 Å². The van der Waals surface area contributed by atoms with Crippen LogP contribution in [0.5, 0.6) is 5.75 Å². The molecule has 1 saturated carbocycles. The van der Waals surface area contributed by atoms with Crippen LogP contribution in [0.2, 0.25) is 0 Å². The van der Waals surface area contributed by atoms with E-state index in [1.165, 1.54) is 0 Å². The molecule has 0 spiro atoms. The number of methoxy groups -OCH3 is 1. The van der Waals surface area contributed by atoms with Crippen LogP contribution in [-0.2, 0) is 0 Å². The highest BCUT2D eigenvalue weighted by molar-refractivity contribution is 6.00. The Kier molecular flexibility index (Phi) is 4.30. The Labute approximate surface area is 147 Å². The summed E-state index contributed by atoms with van der Waals surface area (Å²) in [5, 5.41) is 37.9. The Bertz CT molecular complexity index is 851. The minimum atomic E-state index is -1.63. The lowest BCUT2D eigenvalue weighted by Crippen LogP contribution is -2.48. The first-order chi connectivity index (χ1) is 12.1. The molecular formula is C20H18N4O. The third-order valence-electron chi connectivity index (χ3n) is 5.38. The highest BCUT2D eigenvalue weighted by Gasteiger charge is 2.57. The number of nitrogens with one attached hydrogen (secondary N) is 1. The average molecular weight is 330 g/mol. The first-order valence-corrected chi connectivity index (χ1v) is 8.28. The van der Waals surface area contributed by atoms with E-state index in [1.807, 2.05) is 30.3 Å². The van der Waals surface area contributed by atoms with Gasteiger partial charge in [0.1, 0.15) is 11.7 Å². The average Bonchev–Trinajstić information content (AvgIpc) is 2.67. The normalized spacial score (nSPS) is 27.0. The molecule has 3 atom stereocenters. The van der Waals surface area contributed by atoms with E-state index in [1.54, 1.807) is 7.11 Å². The highest BCUT2D eigenvalue weighted by atomic mass is 16.5. The van der Waals surface area contributed by atoms with E-state index in [9.17, 15) is 15.8 Å². The van der Waals surface area contributed by atoms with Gasteiger partial charge in [-0.25, -0.2) is 0 Å². The molecule has 0 radical (unpaired) electrons. The summed E-state index contributed by atoms with van der Waals surface area (Å²) in [6.45, 7) is 0. The van der Waals surface area contributed by atoms with Gasteiger partial charge < -0.3 is 10.1 Å². The Morgan fingerprint density at radius 1 is 1.24 bits per heavy atom. The van der Waals surface area contributed by atoms with Crippen LogP contribution in [0.25, 0.3) is 0 Å². The van der Waals surface area contributed by atoms with Gasteiger partial charge in [-0.15, -0.1) is 0 Å². The van der Waals surface area contributed by atoms with Gasteiger partial charge in [0.25, 0.3) is 0 Å². The van der Waals surface area contributed by atoms with Crippen molar-refractivity contribution in [3.63, 3.8) is 0 Å².